The highest BCUT2D eigenvalue weighted by molar-refractivity contribution is 5.93. The van der Waals surface area contributed by atoms with Gasteiger partial charge in [-0.3, -0.25) is 14.8 Å². The van der Waals surface area contributed by atoms with Crippen LogP contribution in [-0.4, -0.2) is 43.4 Å². The molecule has 11 heteroatoms. The number of rotatable bonds is 7. The Morgan fingerprint density at radius 3 is 2.44 bits per heavy atom. The maximum absolute atomic E-state index is 12.5. The molecule has 0 radical (unpaired) electrons. The van der Waals surface area contributed by atoms with Crippen LogP contribution in [0.1, 0.15) is 27.5 Å². The minimum Gasteiger partial charge on any atom is -0.484 e. The number of benzene rings is 1. The molecule has 34 heavy (non-hydrogen) atoms. The van der Waals surface area contributed by atoms with Crippen LogP contribution in [0.4, 0.5) is 5.82 Å². The Balaban J connectivity index is 1.53. The van der Waals surface area contributed by atoms with Crippen molar-refractivity contribution in [3.05, 3.63) is 71.2 Å². The number of aromatic nitrogens is 4. The minimum absolute atomic E-state index is 0.248. The SMILES string of the molecule is Cc1cc(C)n(-c2cc(NC(=O)COc3ccc(C(=O)NO)cc3)nc(-c3ccc(C)o3)n2)n1. The highest BCUT2D eigenvalue weighted by atomic mass is 16.5. The summed E-state index contributed by atoms with van der Waals surface area (Å²) in [5.74, 6) is 1.47. The first kappa shape index (κ1) is 22.7. The zero-order valence-electron chi connectivity index (χ0n) is 18.7. The highest BCUT2D eigenvalue weighted by Crippen LogP contribution is 2.23. The van der Waals surface area contributed by atoms with Crippen LogP contribution in [0.15, 0.2) is 52.9 Å². The van der Waals surface area contributed by atoms with Crippen molar-refractivity contribution < 1.29 is 24.0 Å². The van der Waals surface area contributed by atoms with Crippen molar-refractivity contribution in [2.45, 2.75) is 20.8 Å². The molecule has 4 aromatic rings. The Hall–Kier alpha value is -4.51. The summed E-state index contributed by atoms with van der Waals surface area (Å²) in [5, 5.41) is 15.8. The Morgan fingerprint density at radius 1 is 1.06 bits per heavy atom. The van der Waals surface area contributed by atoms with Gasteiger partial charge in [-0.05, 0) is 63.2 Å². The predicted molar refractivity (Wildman–Crippen MR) is 121 cm³/mol. The van der Waals surface area contributed by atoms with Gasteiger partial charge in [0.05, 0.1) is 5.69 Å². The van der Waals surface area contributed by atoms with Gasteiger partial charge < -0.3 is 14.5 Å². The highest BCUT2D eigenvalue weighted by Gasteiger charge is 2.15. The molecule has 0 atom stereocenters. The van der Waals surface area contributed by atoms with Crippen molar-refractivity contribution in [2.75, 3.05) is 11.9 Å². The molecular weight excluding hydrogens is 440 g/mol. The summed E-state index contributed by atoms with van der Waals surface area (Å²) < 4.78 is 12.8. The van der Waals surface area contributed by atoms with Gasteiger partial charge in [0.1, 0.15) is 17.3 Å². The second kappa shape index (κ2) is 9.55. The third kappa shape index (κ3) is 5.10. The van der Waals surface area contributed by atoms with E-state index >= 15 is 0 Å². The summed E-state index contributed by atoms with van der Waals surface area (Å²) >= 11 is 0. The van der Waals surface area contributed by atoms with Gasteiger partial charge in [0, 0.05) is 17.3 Å². The molecule has 1 aromatic carbocycles. The zero-order chi connectivity index (χ0) is 24.2. The number of hydroxylamine groups is 1. The Labute approximate surface area is 194 Å². The van der Waals surface area contributed by atoms with E-state index in [1.165, 1.54) is 24.3 Å². The molecule has 0 saturated heterocycles. The molecule has 0 aliphatic carbocycles. The summed E-state index contributed by atoms with van der Waals surface area (Å²) in [6.45, 7) is 5.31. The molecule has 0 bridgehead atoms. The molecule has 0 unspecified atom stereocenters. The van der Waals surface area contributed by atoms with Crippen molar-refractivity contribution in [2.24, 2.45) is 0 Å². The second-order valence-corrected chi connectivity index (χ2v) is 7.49. The number of hydrogen-bond donors (Lipinski definition) is 3. The lowest BCUT2D eigenvalue weighted by Gasteiger charge is -2.10. The van der Waals surface area contributed by atoms with Crippen molar-refractivity contribution in [1.29, 1.82) is 0 Å². The van der Waals surface area contributed by atoms with Gasteiger partial charge in [-0.1, -0.05) is 0 Å². The first-order valence-corrected chi connectivity index (χ1v) is 10.3. The molecular formula is C23H22N6O5. The van der Waals surface area contributed by atoms with E-state index in [0.29, 0.717) is 28.9 Å². The van der Waals surface area contributed by atoms with E-state index < -0.39 is 11.8 Å². The summed E-state index contributed by atoms with van der Waals surface area (Å²) in [4.78, 5) is 32.9. The van der Waals surface area contributed by atoms with Gasteiger partial charge in [-0.25, -0.2) is 20.1 Å². The fraction of sp³-hybridized carbons (Fsp3) is 0.174. The molecule has 0 spiro atoms. The van der Waals surface area contributed by atoms with Crippen molar-refractivity contribution in [1.82, 2.24) is 25.2 Å². The third-order valence-electron chi connectivity index (χ3n) is 4.76. The normalized spacial score (nSPS) is 10.7. The van der Waals surface area contributed by atoms with Gasteiger partial charge in [-0.15, -0.1) is 0 Å². The molecule has 3 heterocycles. The van der Waals surface area contributed by atoms with E-state index in [1.54, 1.807) is 28.4 Å². The molecule has 0 saturated carbocycles. The van der Waals surface area contributed by atoms with E-state index in [1.807, 2.05) is 26.8 Å². The largest absolute Gasteiger partial charge is 0.484 e. The molecule has 3 N–H and O–H groups in total. The number of hydrogen-bond acceptors (Lipinski definition) is 8. The van der Waals surface area contributed by atoms with E-state index in [9.17, 15) is 9.59 Å². The van der Waals surface area contributed by atoms with E-state index in [-0.39, 0.29) is 18.0 Å². The quantitative estimate of drug-likeness (QED) is 0.281. The topological polar surface area (TPSA) is 144 Å². The third-order valence-corrected chi connectivity index (χ3v) is 4.76. The van der Waals surface area contributed by atoms with Crippen LogP contribution >= 0.6 is 0 Å². The lowest BCUT2D eigenvalue weighted by atomic mass is 10.2. The van der Waals surface area contributed by atoms with Gasteiger partial charge in [0.15, 0.2) is 24.0 Å². The van der Waals surface area contributed by atoms with Crippen molar-refractivity contribution >= 4 is 17.6 Å². The van der Waals surface area contributed by atoms with E-state index in [4.69, 9.17) is 14.4 Å². The average Bonchev–Trinajstić information content (AvgIpc) is 3.41. The summed E-state index contributed by atoms with van der Waals surface area (Å²) in [6, 6.07) is 13.0. The maximum Gasteiger partial charge on any atom is 0.274 e. The fourth-order valence-electron chi connectivity index (χ4n) is 3.23. The number of carbonyl (C=O) groups excluding carboxylic acids is 2. The molecule has 11 nitrogen and oxygen atoms in total. The summed E-state index contributed by atoms with van der Waals surface area (Å²) in [6.07, 6.45) is 0. The number of nitrogens with one attached hydrogen (secondary N) is 2. The lowest BCUT2D eigenvalue weighted by molar-refractivity contribution is -0.118. The Morgan fingerprint density at radius 2 is 1.82 bits per heavy atom. The molecule has 0 aliphatic rings. The number of nitrogens with zero attached hydrogens (tertiary/aromatic N) is 4. The number of aryl methyl sites for hydroxylation is 3. The van der Waals surface area contributed by atoms with Crippen LogP contribution in [0.5, 0.6) is 5.75 Å². The van der Waals surface area contributed by atoms with Gasteiger partial charge in [0.2, 0.25) is 0 Å². The first-order valence-electron chi connectivity index (χ1n) is 10.3. The average molecular weight is 462 g/mol. The molecule has 0 aliphatic heterocycles. The number of furan rings is 1. The summed E-state index contributed by atoms with van der Waals surface area (Å²) in [5.41, 5.74) is 3.49. The number of ether oxygens (including phenoxy) is 1. The van der Waals surface area contributed by atoms with Crippen LogP contribution in [0.2, 0.25) is 0 Å². The molecule has 4 rings (SSSR count). The van der Waals surface area contributed by atoms with E-state index in [0.717, 1.165) is 11.4 Å². The molecule has 174 valence electrons. The van der Waals surface area contributed by atoms with Crippen LogP contribution < -0.4 is 15.5 Å². The van der Waals surface area contributed by atoms with Gasteiger partial charge >= 0.3 is 0 Å². The van der Waals surface area contributed by atoms with Gasteiger partial charge in [0.25, 0.3) is 11.8 Å². The standard InChI is InChI=1S/C23H22N6O5/c1-13-10-14(2)29(27-13)20-11-19(25-22(26-20)18-9-4-15(3)34-18)24-21(30)12-33-17-7-5-16(6-8-17)23(31)28-32/h4-11,32H,12H2,1-3H3,(H,28,31)(H,24,25,26,30). The predicted octanol–water partition coefficient (Wildman–Crippen LogP) is 2.98. The van der Waals surface area contributed by atoms with Crippen molar-refractivity contribution in [3.8, 4) is 23.2 Å². The number of carbonyl (C=O) groups is 2. The smallest absolute Gasteiger partial charge is 0.274 e. The minimum atomic E-state index is -0.644. The van der Waals surface area contributed by atoms with Gasteiger partial charge in [-0.2, -0.15) is 5.10 Å². The molecule has 2 amide bonds. The number of amides is 2. The number of anilines is 1. The molecule has 3 aromatic heterocycles. The fourth-order valence-corrected chi connectivity index (χ4v) is 3.23. The maximum atomic E-state index is 12.5. The zero-order valence-corrected chi connectivity index (χ0v) is 18.7. The first-order chi connectivity index (χ1) is 16.3. The Kier molecular flexibility index (Phi) is 6.37. The second-order valence-electron chi connectivity index (χ2n) is 7.49. The van der Waals surface area contributed by atoms with Crippen LogP contribution in [-0.2, 0) is 4.79 Å². The van der Waals surface area contributed by atoms with Crippen LogP contribution in [0, 0.1) is 20.8 Å². The van der Waals surface area contributed by atoms with E-state index in [2.05, 4.69) is 20.4 Å². The van der Waals surface area contributed by atoms with Crippen LogP contribution in [0.3, 0.4) is 0 Å². The summed E-state index contributed by atoms with van der Waals surface area (Å²) in [7, 11) is 0. The Bertz CT molecular complexity index is 1340. The lowest BCUT2D eigenvalue weighted by Crippen LogP contribution is -2.21. The van der Waals surface area contributed by atoms with Crippen LogP contribution in [0.25, 0.3) is 17.4 Å². The van der Waals surface area contributed by atoms with Crippen molar-refractivity contribution in [3.63, 3.8) is 0 Å². The molecule has 0 fully saturated rings. The monoisotopic (exact) mass is 462 g/mol.